The zero-order chi connectivity index (χ0) is 12.4. The van der Waals surface area contributed by atoms with Crippen molar-refractivity contribution in [3.8, 4) is 0 Å². The van der Waals surface area contributed by atoms with Crippen molar-refractivity contribution in [2.75, 3.05) is 0 Å². The summed E-state index contributed by atoms with van der Waals surface area (Å²) in [6.07, 6.45) is 1.88. The van der Waals surface area contributed by atoms with Crippen LogP contribution < -0.4 is 0 Å². The van der Waals surface area contributed by atoms with Crippen LogP contribution in [-0.2, 0) is 6.54 Å². The van der Waals surface area contributed by atoms with Crippen molar-refractivity contribution < 1.29 is 0 Å². The third kappa shape index (κ3) is 2.61. The maximum atomic E-state index is 5.24. The first kappa shape index (κ1) is 12.0. The van der Waals surface area contributed by atoms with Gasteiger partial charge in [-0.05, 0) is 30.8 Å². The molecule has 1 N–H and O–H groups in total. The number of H-pyrrole nitrogens is 1. The molecule has 0 unspecified atom stereocenters. The smallest absolute Gasteiger partial charge is 0.195 e. The number of pyridine rings is 1. The fraction of sp³-hybridized carbons (Fsp3) is 0.417. The predicted molar refractivity (Wildman–Crippen MR) is 69.6 cm³/mol. The van der Waals surface area contributed by atoms with E-state index in [1.165, 1.54) is 0 Å². The van der Waals surface area contributed by atoms with E-state index in [4.69, 9.17) is 12.2 Å². The molecule has 90 valence electrons. The fourth-order valence-corrected chi connectivity index (χ4v) is 1.90. The first-order chi connectivity index (χ1) is 8.08. The fourth-order valence-electron chi connectivity index (χ4n) is 1.70. The van der Waals surface area contributed by atoms with E-state index in [2.05, 4.69) is 35.1 Å². The molecule has 0 aliphatic heterocycles. The molecule has 0 fully saturated rings. The van der Waals surface area contributed by atoms with Crippen molar-refractivity contribution in [1.29, 1.82) is 0 Å². The van der Waals surface area contributed by atoms with Gasteiger partial charge in [-0.2, -0.15) is 5.10 Å². The Morgan fingerprint density at radius 2 is 2.18 bits per heavy atom. The summed E-state index contributed by atoms with van der Waals surface area (Å²) >= 11 is 5.24. The van der Waals surface area contributed by atoms with E-state index in [9.17, 15) is 0 Å². The van der Waals surface area contributed by atoms with E-state index in [0.717, 1.165) is 23.6 Å². The quantitative estimate of drug-likeness (QED) is 0.850. The van der Waals surface area contributed by atoms with Crippen LogP contribution >= 0.6 is 12.2 Å². The van der Waals surface area contributed by atoms with Gasteiger partial charge < -0.3 is 0 Å². The predicted octanol–water partition coefficient (Wildman–Crippen LogP) is 2.82. The van der Waals surface area contributed by atoms with Gasteiger partial charge in [0.25, 0.3) is 0 Å². The van der Waals surface area contributed by atoms with Crippen LogP contribution in [0.25, 0.3) is 0 Å². The standard InChI is InChI=1S/C12H16N4S/c1-8(2)11-14-15-12(17)16(11)7-10-5-4-9(3)13-6-10/h4-6,8H,7H2,1-3H3,(H,15,17). The molecule has 0 radical (unpaired) electrons. The summed E-state index contributed by atoms with van der Waals surface area (Å²) in [5.74, 6) is 1.33. The topological polar surface area (TPSA) is 46.5 Å². The normalized spacial score (nSPS) is 11.1. The molecular formula is C12H16N4S. The Bertz CT molecular complexity index is 551. The zero-order valence-electron chi connectivity index (χ0n) is 10.3. The minimum Gasteiger partial charge on any atom is -0.299 e. The van der Waals surface area contributed by atoms with Crippen LogP contribution in [0.1, 0.15) is 36.8 Å². The van der Waals surface area contributed by atoms with Crippen molar-refractivity contribution in [1.82, 2.24) is 19.7 Å². The summed E-state index contributed by atoms with van der Waals surface area (Å²) in [6.45, 7) is 6.91. The molecule has 0 saturated heterocycles. The summed E-state index contributed by atoms with van der Waals surface area (Å²) in [5.41, 5.74) is 2.16. The molecule has 5 heteroatoms. The summed E-state index contributed by atoms with van der Waals surface area (Å²) < 4.78 is 2.68. The highest BCUT2D eigenvalue weighted by molar-refractivity contribution is 7.71. The Morgan fingerprint density at radius 1 is 1.41 bits per heavy atom. The number of nitrogens with one attached hydrogen (secondary N) is 1. The van der Waals surface area contributed by atoms with Crippen LogP contribution in [0.5, 0.6) is 0 Å². The molecule has 2 heterocycles. The molecule has 2 rings (SSSR count). The maximum absolute atomic E-state index is 5.24. The van der Waals surface area contributed by atoms with E-state index < -0.39 is 0 Å². The van der Waals surface area contributed by atoms with Crippen molar-refractivity contribution in [2.24, 2.45) is 0 Å². The number of nitrogens with zero attached hydrogens (tertiary/aromatic N) is 3. The molecule has 0 spiro atoms. The van der Waals surface area contributed by atoms with E-state index >= 15 is 0 Å². The van der Waals surface area contributed by atoms with Crippen molar-refractivity contribution in [3.63, 3.8) is 0 Å². The first-order valence-corrected chi connectivity index (χ1v) is 6.05. The lowest BCUT2D eigenvalue weighted by Crippen LogP contribution is -2.07. The SMILES string of the molecule is Cc1ccc(Cn2c(C(C)C)n[nH]c2=S)cn1. The third-order valence-corrected chi connectivity index (χ3v) is 2.93. The highest BCUT2D eigenvalue weighted by Gasteiger charge is 2.10. The minimum atomic E-state index is 0.348. The Kier molecular flexibility index (Phi) is 3.38. The lowest BCUT2D eigenvalue weighted by Gasteiger charge is -2.09. The molecule has 0 aromatic carbocycles. The summed E-state index contributed by atoms with van der Waals surface area (Å²) in [5, 5.41) is 7.10. The molecule has 17 heavy (non-hydrogen) atoms. The number of aromatic amines is 1. The molecule has 2 aromatic rings. The molecule has 0 amide bonds. The number of aromatic nitrogens is 4. The van der Waals surface area contributed by atoms with Crippen LogP contribution in [0.3, 0.4) is 0 Å². The third-order valence-electron chi connectivity index (χ3n) is 2.62. The first-order valence-electron chi connectivity index (χ1n) is 5.64. The molecule has 0 bridgehead atoms. The summed E-state index contributed by atoms with van der Waals surface area (Å²) in [6, 6.07) is 4.08. The Hall–Kier alpha value is -1.49. The van der Waals surface area contributed by atoms with E-state index in [1.807, 2.05) is 23.8 Å². The Balaban J connectivity index is 2.32. The Labute approximate surface area is 106 Å². The van der Waals surface area contributed by atoms with Crippen molar-refractivity contribution in [2.45, 2.75) is 33.2 Å². The van der Waals surface area contributed by atoms with Gasteiger partial charge in [0, 0.05) is 17.8 Å². The van der Waals surface area contributed by atoms with Gasteiger partial charge in [-0.25, -0.2) is 0 Å². The average Bonchev–Trinajstić information content (AvgIpc) is 2.64. The van der Waals surface area contributed by atoms with Gasteiger partial charge in [-0.1, -0.05) is 19.9 Å². The second-order valence-corrected chi connectivity index (χ2v) is 4.82. The zero-order valence-corrected chi connectivity index (χ0v) is 11.1. The van der Waals surface area contributed by atoms with Gasteiger partial charge in [0.05, 0.1) is 6.54 Å². The molecule has 0 saturated carbocycles. The van der Waals surface area contributed by atoms with E-state index in [-0.39, 0.29) is 0 Å². The monoisotopic (exact) mass is 248 g/mol. The van der Waals surface area contributed by atoms with Gasteiger partial charge in [0.15, 0.2) is 4.77 Å². The lowest BCUT2D eigenvalue weighted by atomic mass is 10.2. The largest absolute Gasteiger partial charge is 0.299 e. The highest BCUT2D eigenvalue weighted by Crippen LogP contribution is 2.13. The van der Waals surface area contributed by atoms with Crippen LogP contribution in [0.2, 0.25) is 0 Å². The number of rotatable bonds is 3. The van der Waals surface area contributed by atoms with Gasteiger partial charge in [-0.3, -0.25) is 14.6 Å². The van der Waals surface area contributed by atoms with Crippen molar-refractivity contribution >= 4 is 12.2 Å². The highest BCUT2D eigenvalue weighted by atomic mass is 32.1. The second-order valence-electron chi connectivity index (χ2n) is 4.44. The molecule has 4 nitrogen and oxygen atoms in total. The van der Waals surface area contributed by atoms with Gasteiger partial charge in [0.2, 0.25) is 0 Å². The van der Waals surface area contributed by atoms with Gasteiger partial charge in [0.1, 0.15) is 5.82 Å². The molecule has 0 aliphatic carbocycles. The van der Waals surface area contributed by atoms with Gasteiger partial charge in [-0.15, -0.1) is 0 Å². The van der Waals surface area contributed by atoms with Gasteiger partial charge >= 0.3 is 0 Å². The number of hydrogen-bond acceptors (Lipinski definition) is 3. The molecule has 0 aliphatic rings. The lowest BCUT2D eigenvalue weighted by molar-refractivity contribution is 0.663. The molecular weight excluding hydrogens is 232 g/mol. The van der Waals surface area contributed by atoms with Crippen LogP contribution in [0, 0.1) is 11.7 Å². The molecule has 0 atom stereocenters. The number of aryl methyl sites for hydroxylation is 1. The summed E-state index contributed by atoms with van der Waals surface area (Å²) in [4.78, 5) is 4.29. The van der Waals surface area contributed by atoms with Crippen LogP contribution in [0.4, 0.5) is 0 Å². The average molecular weight is 248 g/mol. The number of hydrogen-bond donors (Lipinski definition) is 1. The van der Waals surface area contributed by atoms with Crippen LogP contribution in [-0.4, -0.2) is 19.7 Å². The summed E-state index contributed by atoms with van der Waals surface area (Å²) in [7, 11) is 0. The Morgan fingerprint density at radius 3 is 2.76 bits per heavy atom. The van der Waals surface area contributed by atoms with Crippen LogP contribution in [0.15, 0.2) is 18.3 Å². The maximum Gasteiger partial charge on any atom is 0.195 e. The minimum absolute atomic E-state index is 0.348. The van der Waals surface area contributed by atoms with E-state index in [0.29, 0.717) is 10.7 Å². The molecule has 2 aromatic heterocycles. The van der Waals surface area contributed by atoms with E-state index in [1.54, 1.807) is 0 Å². The van der Waals surface area contributed by atoms with Crippen molar-refractivity contribution in [3.05, 3.63) is 40.2 Å². The second kappa shape index (κ2) is 4.79.